The molecule has 0 bridgehead atoms. The van der Waals surface area contributed by atoms with E-state index in [1.165, 1.54) is 5.56 Å². The SMILES string of the molecule is CCNC(=NCC1(O)CCOCC1)NCC1Cc2ccccc2O1.I. The summed E-state index contributed by atoms with van der Waals surface area (Å²) in [5, 5.41) is 17.1. The fourth-order valence-corrected chi connectivity index (χ4v) is 3.06. The maximum atomic E-state index is 10.5. The second-order valence-corrected chi connectivity index (χ2v) is 6.46. The zero-order valence-electron chi connectivity index (χ0n) is 14.7. The average molecular weight is 461 g/mol. The van der Waals surface area contributed by atoms with E-state index >= 15 is 0 Å². The van der Waals surface area contributed by atoms with Gasteiger partial charge in [-0.15, -0.1) is 24.0 Å². The molecule has 3 N–H and O–H groups in total. The van der Waals surface area contributed by atoms with Gasteiger partial charge in [-0.05, 0) is 18.6 Å². The minimum absolute atomic E-state index is 0. The number of aliphatic hydroxyl groups is 1. The Morgan fingerprint density at radius 2 is 2.04 bits per heavy atom. The predicted octanol–water partition coefficient (Wildman–Crippen LogP) is 1.70. The highest BCUT2D eigenvalue weighted by molar-refractivity contribution is 14.0. The Morgan fingerprint density at radius 3 is 2.76 bits per heavy atom. The van der Waals surface area contributed by atoms with Crippen LogP contribution in [0.15, 0.2) is 29.3 Å². The Bertz CT molecular complexity index is 551. The van der Waals surface area contributed by atoms with Gasteiger partial charge in [0.25, 0.3) is 0 Å². The van der Waals surface area contributed by atoms with Gasteiger partial charge in [0.2, 0.25) is 0 Å². The first-order valence-corrected chi connectivity index (χ1v) is 8.75. The van der Waals surface area contributed by atoms with Gasteiger partial charge >= 0.3 is 0 Å². The van der Waals surface area contributed by atoms with Crippen LogP contribution >= 0.6 is 24.0 Å². The number of aliphatic imine (C=N–C) groups is 1. The topological polar surface area (TPSA) is 75.1 Å². The van der Waals surface area contributed by atoms with E-state index in [0.29, 0.717) is 39.1 Å². The Labute approximate surface area is 166 Å². The summed E-state index contributed by atoms with van der Waals surface area (Å²) in [5.74, 6) is 1.69. The number of hydrogen-bond acceptors (Lipinski definition) is 4. The van der Waals surface area contributed by atoms with Gasteiger partial charge in [-0.3, -0.25) is 4.99 Å². The van der Waals surface area contributed by atoms with Crippen LogP contribution in [0, 0.1) is 0 Å². The van der Waals surface area contributed by atoms with Crippen molar-refractivity contribution in [2.75, 3.05) is 32.8 Å². The number of hydrogen-bond donors (Lipinski definition) is 3. The summed E-state index contributed by atoms with van der Waals surface area (Å²) in [6, 6.07) is 8.15. The van der Waals surface area contributed by atoms with Gasteiger partial charge in [-0.1, -0.05) is 18.2 Å². The van der Waals surface area contributed by atoms with Gasteiger partial charge in [-0.2, -0.15) is 0 Å². The van der Waals surface area contributed by atoms with Crippen LogP contribution in [0.5, 0.6) is 5.75 Å². The zero-order chi connectivity index (χ0) is 16.8. The monoisotopic (exact) mass is 461 g/mol. The number of nitrogens with one attached hydrogen (secondary N) is 2. The molecule has 0 amide bonds. The smallest absolute Gasteiger partial charge is 0.191 e. The molecule has 0 aromatic heterocycles. The van der Waals surface area contributed by atoms with Crippen LogP contribution in [0.25, 0.3) is 0 Å². The van der Waals surface area contributed by atoms with Crippen LogP contribution in [0.1, 0.15) is 25.3 Å². The van der Waals surface area contributed by atoms with E-state index in [1.807, 2.05) is 25.1 Å². The number of nitrogens with zero attached hydrogens (tertiary/aromatic N) is 1. The largest absolute Gasteiger partial charge is 0.488 e. The van der Waals surface area contributed by atoms with Crippen molar-refractivity contribution in [3.05, 3.63) is 29.8 Å². The molecule has 1 unspecified atom stereocenters. The number of rotatable bonds is 5. The van der Waals surface area contributed by atoms with E-state index in [0.717, 1.165) is 24.7 Å². The van der Waals surface area contributed by atoms with Gasteiger partial charge in [0.1, 0.15) is 11.9 Å². The van der Waals surface area contributed by atoms with Crippen molar-refractivity contribution in [3.8, 4) is 5.75 Å². The molecule has 1 fully saturated rings. The lowest BCUT2D eigenvalue weighted by atomic mass is 9.95. The first kappa shape index (κ1) is 20.3. The highest BCUT2D eigenvalue weighted by atomic mass is 127. The van der Waals surface area contributed by atoms with E-state index in [2.05, 4.69) is 21.7 Å². The van der Waals surface area contributed by atoms with Gasteiger partial charge in [0.05, 0.1) is 18.7 Å². The molecule has 2 aliphatic heterocycles. The van der Waals surface area contributed by atoms with E-state index in [-0.39, 0.29) is 30.1 Å². The molecule has 0 radical (unpaired) electrons. The molecule has 0 spiro atoms. The minimum Gasteiger partial charge on any atom is -0.488 e. The number of para-hydroxylation sites is 1. The first-order valence-electron chi connectivity index (χ1n) is 8.75. The average Bonchev–Trinajstić information content (AvgIpc) is 3.01. The molecule has 1 saturated heterocycles. The summed E-state index contributed by atoms with van der Waals surface area (Å²) < 4.78 is 11.2. The van der Waals surface area contributed by atoms with Gasteiger partial charge in [-0.25, -0.2) is 0 Å². The molecule has 1 aromatic carbocycles. The lowest BCUT2D eigenvalue weighted by Crippen LogP contribution is -2.44. The highest BCUT2D eigenvalue weighted by Crippen LogP contribution is 2.27. The third-order valence-corrected chi connectivity index (χ3v) is 4.51. The maximum Gasteiger partial charge on any atom is 0.191 e. The number of guanidine groups is 1. The molecule has 140 valence electrons. The second kappa shape index (κ2) is 9.59. The van der Waals surface area contributed by atoms with Crippen LogP contribution in [0.4, 0.5) is 0 Å². The van der Waals surface area contributed by atoms with Crippen LogP contribution in [-0.2, 0) is 11.2 Å². The van der Waals surface area contributed by atoms with Crippen molar-refractivity contribution in [2.45, 2.75) is 37.9 Å². The van der Waals surface area contributed by atoms with Crippen molar-refractivity contribution in [1.82, 2.24) is 10.6 Å². The van der Waals surface area contributed by atoms with Crippen molar-refractivity contribution >= 4 is 29.9 Å². The molecular formula is C18H28IN3O3. The van der Waals surface area contributed by atoms with Crippen molar-refractivity contribution in [1.29, 1.82) is 0 Å². The van der Waals surface area contributed by atoms with Crippen molar-refractivity contribution in [2.24, 2.45) is 4.99 Å². The summed E-state index contributed by atoms with van der Waals surface area (Å²) in [7, 11) is 0. The van der Waals surface area contributed by atoms with Crippen LogP contribution < -0.4 is 15.4 Å². The Morgan fingerprint density at radius 1 is 1.28 bits per heavy atom. The number of benzene rings is 1. The Hall–Kier alpha value is -1.06. The molecule has 3 rings (SSSR count). The quantitative estimate of drug-likeness (QED) is 0.354. The summed E-state index contributed by atoms with van der Waals surface area (Å²) >= 11 is 0. The Balaban J connectivity index is 0.00000225. The van der Waals surface area contributed by atoms with Crippen LogP contribution in [0.2, 0.25) is 0 Å². The number of fused-ring (bicyclic) bond motifs is 1. The minimum atomic E-state index is -0.749. The normalized spacial score (nSPS) is 21.7. The number of ether oxygens (including phenoxy) is 2. The van der Waals surface area contributed by atoms with E-state index in [9.17, 15) is 5.11 Å². The Kier molecular flexibility index (Phi) is 7.77. The molecule has 1 aromatic rings. The molecule has 2 heterocycles. The molecular weight excluding hydrogens is 433 g/mol. The molecule has 0 aliphatic carbocycles. The standard InChI is InChI=1S/C18H27N3O3.HI/c1-2-19-17(21-13-18(22)7-9-23-10-8-18)20-12-15-11-14-5-3-4-6-16(14)24-15;/h3-6,15,22H,2,7-13H2,1H3,(H2,19,20,21);1H. The lowest BCUT2D eigenvalue weighted by Gasteiger charge is -2.30. The fraction of sp³-hybridized carbons (Fsp3) is 0.611. The molecule has 6 nitrogen and oxygen atoms in total. The van der Waals surface area contributed by atoms with Crippen molar-refractivity contribution in [3.63, 3.8) is 0 Å². The summed E-state index contributed by atoms with van der Waals surface area (Å²) in [6.45, 7) is 5.08. The number of halogens is 1. The third-order valence-electron chi connectivity index (χ3n) is 4.51. The maximum absolute atomic E-state index is 10.5. The summed E-state index contributed by atoms with van der Waals surface area (Å²) in [6.07, 6.45) is 2.29. The van der Waals surface area contributed by atoms with Gasteiger partial charge in [0, 0.05) is 39.0 Å². The van der Waals surface area contributed by atoms with Crippen molar-refractivity contribution < 1.29 is 14.6 Å². The van der Waals surface area contributed by atoms with Crippen LogP contribution in [-0.4, -0.2) is 55.6 Å². The van der Waals surface area contributed by atoms with Gasteiger partial charge < -0.3 is 25.2 Å². The predicted molar refractivity (Wildman–Crippen MR) is 109 cm³/mol. The summed E-state index contributed by atoms with van der Waals surface area (Å²) in [5.41, 5.74) is 0.503. The molecule has 2 aliphatic rings. The first-order chi connectivity index (χ1) is 11.7. The lowest BCUT2D eigenvalue weighted by molar-refractivity contribution is -0.0565. The zero-order valence-corrected chi connectivity index (χ0v) is 17.0. The molecule has 25 heavy (non-hydrogen) atoms. The molecule has 7 heteroatoms. The van der Waals surface area contributed by atoms with Gasteiger partial charge in [0.15, 0.2) is 5.96 Å². The van der Waals surface area contributed by atoms with E-state index in [4.69, 9.17) is 9.47 Å². The van der Waals surface area contributed by atoms with Crippen LogP contribution in [0.3, 0.4) is 0 Å². The molecule has 1 atom stereocenters. The van der Waals surface area contributed by atoms with E-state index < -0.39 is 5.60 Å². The molecule has 0 saturated carbocycles. The highest BCUT2D eigenvalue weighted by Gasteiger charge is 2.29. The third kappa shape index (κ3) is 5.72. The fourth-order valence-electron chi connectivity index (χ4n) is 3.06. The van der Waals surface area contributed by atoms with E-state index in [1.54, 1.807) is 0 Å². The second-order valence-electron chi connectivity index (χ2n) is 6.46. The summed E-state index contributed by atoms with van der Waals surface area (Å²) in [4.78, 5) is 4.55.